The summed E-state index contributed by atoms with van der Waals surface area (Å²) in [6.07, 6.45) is 2.46. The van der Waals surface area contributed by atoms with E-state index in [-0.39, 0.29) is 17.8 Å². The number of hydrogen-bond donors (Lipinski definition) is 2. The normalized spacial score (nSPS) is 10.4. The summed E-state index contributed by atoms with van der Waals surface area (Å²) in [5.41, 5.74) is 1.02. The molecule has 1 aromatic carbocycles. The van der Waals surface area contributed by atoms with Crippen molar-refractivity contribution in [3.8, 4) is 0 Å². The maximum absolute atomic E-state index is 11.3. The van der Waals surface area contributed by atoms with Crippen LogP contribution in [0.15, 0.2) is 36.4 Å². The van der Waals surface area contributed by atoms with Gasteiger partial charge in [0.1, 0.15) is 0 Å². The van der Waals surface area contributed by atoms with Gasteiger partial charge in [-0.1, -0.05) is 12.1 Å². The van der Waals surface area contributed by atoms with Gasteiger partial charge in [-0.2, -0.15) is 0 Å². The molecule has 0 fully saturated rings. The molecule has 2 N–H and O–H groups in total. The lowest BCUT2D eigenvalue weighted by atomic mass is 10.1. The Morgan fingerprint density at radius 3 is 2.11 bits per heavy atom. The van der Waals surface area contributed by atoms with Gasteiger partial charge in [-0.05, 0) is 30.2 Å². The number of allylic oxidation sites excluding steroid dienone is 1. The molecular formula is C13H12O5. The summed E-state index contributed by atoms with van der Waals surface area (Å²) < 4.78 is 0. The molecule has 1 aromatic rings. The maximum Gasteiger partial charge on any atom is 0.335 e. The van der Waals surface area contributed by atoms with E-state index in [1.165, 1.54) is 12.1 Å². The minimum Gasteiger partial charge on any atom is -0.478 e. The Hall–Kier alpha value is -2.43. The quantitative estimate of drug-likeness (QED) is 0.745. The Kier molecular flexibility index (Phi) is 4.80. The van der Waals surface area contributed by atoms with Crippen LogP contribution in [0.5, 0.6) is 0 Å². The number of benzene rings is 1. The Morgan fingerprint density at radius 1 is 1.00 bits per heavy atom. The first-order valence-electron chi connectivity index (χ1n) is 5.25. The van der Waals surface area contributed by atoms with Crippen molar-refractivity contribution in [2.24, 2.45) is 0 Å². The number of carboxylic acid groups (broad SMARTS) is 2. The molecule has 0 amide bonds. The molecule has 0 bridgehead atoms. The van der Waals surface area contributed by atoms with E-state index in [0.29, 0.717) is 6.42 Å². The molecule has 18 heavy (non-hydrogen) atoms. The van der Waals surface area contributed by atoms with Gasteiger partial charge < -0.3 is 10.2 Å². The Bertz CT molecular complexity index is 485. The van der Waals surface area contributed by atoms with E-state index in [1.807, 2.05) is 0 Å². The first kappa shape index (κ1) is 13.6. The predicted molar refractivity (Wildman–Crippen MR) is 63.5 cm³/mol. The van der Waals surface area contributed by atoms with Gasteiger partial charge in [0.05, 0.1) is 5.56 Å². The van der Waals surface area contributed by atoms with Crippen molar-refractivity contribution < 1.29 is 24.6 Å². The maximum atomic E-state index is 11.3. The molecule has 1 rings (SSSR count). The molecular weight excluding hydrogens is 236 g/mol. The number of aryl methyl sites for hydroxylation is 1. The van der Waals surface area contributed by atoms with Gasteiger partial charge in [0.25, 0.3) is 0 Å². The molecule has 0 aliphatic rings. The third-order valence-corrected chi connectivity index (χ3v) is 2.27. The van der Waals surface area contributed by atoms with Crippen LogP contribution in [0.1, 0.15) is 22.3 Å². The number of ketones is 1. The lowest BCUT2D eigenvalue weighted by Crippen LogP contribution is -1.99. The van der Waals surface area contributed by atoms with Gasteiger partial charge >= 0.3 is 11.9 Å². The van der Waals surface area contributed by atoms with Gasteiger partial charge in [0.2, 0.25) is 0 Å². The van der Waals surface area contributed by atoms with E-state index in [0.717, 1.165) is 17.7 Å². The fourth-order valence-electron chi connectivity index (χ4n) is 1.33. The summed E-state index contributed by atoms with van der Waals surface area (Å²) in [7, 11) is 0. The highest BCUT2D eigenvalue weighted by Crippen LogP contribution is 2.07. The summed E-state index contributed by atoms with van der Waals surface area (Å²) in [5.74, 6) is -2.43. The highest BCUT2D eigenvalue weighted by Gasteiger charge is 2.03. The van der Waals surface area contributed by atoms with Crippen LogP contribution in [0, 0.1) is 0 Å². The lowest BCUT2D eigenvalue weighted by molar-refractivity contribution is -0.131. The molecule has 0 atom stereocenters. The number of hydrogen-bond acceptors (Lipinski definition) is 3. The summed E-state index contributed by atoms with van der Waals surface area (Å²) in [6, 6.07) is 6.21. The summed E-state index contributed by atoms with van der Waals surface area (Å²) >= 11 is 0. The largest absolute Gasteiger partial charge is 0.478 e. The van der Waals surface area contributed by atoms with Crippen LogP contribution in [0.3, 0.4) is 0 Å². The molecule has 0 aromatic heterocycles. The SMILES string of the molecule is O=C(O)C=CC(=O)CCc1ccc(C(=O)O)cc1. The molecule has 0 radical (unpaired) electrons. The van der Waals surface area contributed by atoms with Crippen LogP contribution < -0.4 is 0 Å². The minimum absolute atomic E-state index is 0.191. The molecule has 0 spiro atoms. The van der Waals surface area contributed by atoms with Crippen LogP contribution in [-0.4, -0.2) is 27.9 Å². The summed E-state index contributed by atoms with van der Waals surface area (Å²) in [5, 5.41) is 17.0. The van der Waals surface area contributed by atoms with E-state index < -0.39 is 11.9 Å². The second kappa shape index (κ2) is 6.34. The molecule has 5 nitrogen and oxygen atoms in total. The Labute approximate surface area is 103 Å². The van der Waals surface area contributed by atoms with E-state index in [2.05, 4.69) is 0 Å². The smallest absolute Gasteiger partial charge is 0.335 e. The lowest BCUT2D eigenvalue weighted by Gasteiger charge is -2.00. The minimum atomic E-state index is -1.16. The Morgan fingerprint density at radius 2 is 1.61 bits per heavy atom. The molecule has 94 valence electrons. The van der Waals surface area contributed by atoms with Crippen molar-refractivity contribution in [1.82, 2.24) is 0 Å². The van der Waals surface area contributed by atoms with Gasteiger partial charge in [-0.25, -0.2) is 9.59 Å². The standard InChI is InChI=1S/C13H12O5/c14-11(7-8-12(15)16)6-3-9-1-4-10(5-2-9)13(17)18/h1-2,4-5,7-8H,3,6H2,(H,15,16)(H,17,18). The van der Waals surface area contributed by atoms with E-state index in [4.69, 9.17) is 10.2 Å². The fourth-order valence-corrected chi connectivity index (χ4v) is 1.33. The van der Waals surface area contributed by atoms with Crippen molar-refractivity contribution in [3.63, 3.8) is 0 Å². The van der Waals surface area contributed by atoms with Crippen molar-refractivity contribution in [3.05, 3.63) is 47.5 Å². The number of aliphatic carboxylic acids is 1. The summed E-state index contributed by atoms with van der Waals surface area (Å²) in [6.45, 7) is 0. The fraction of sp³-hybridized carbons (Fsp3) is 0.154. The summed E-state index contributed by atoms with van der Waals surface area (Å²) in [4.78, 5) is 32.0. The van der Waals surface area contributed by atoms with Crippen molar-refractivity contribution in [2.45, 2.75) is 12.8 Å². The van der Waals surface area contributed by atoms with Crippen LogP contribution in [-0.2, 0) is 16.0 Å². The zero-order valence-electron chi connectivity index (χ0n) is 9.50. The zero-order chi connectivity index (χ0) is 13.5. The highest BCUT2D eigenvalue weighted by molar-refractivity contribution is 5.95. The second-order valence-electron chi connectivity index (χ2n) is 3.64. The number of carbonyl (C=O) groups is 3. The van der Waals surface area contributed by atoms with Gasteiger partial charge in [0, 0.05) is 12.5 Å². The molecule has 0 unspecified atom stereocenters. The van der Waals surface area contributed by atoms with Crippen LogP contribution in [0.4, 0.5) is 0 Å². The number of rotatable bonds is 6. The third kappa shape index (κ3) is 4.61. The van der Waals surface area contributed by atoms with Crippen LogP contribution >= 0.6 is 0 Å². The zero-order valence-corrected chi connectivity index (χ0v) is 9.50. The molecule has 0 aliphatic carbocycles. The van der Waals surface area contributed by atoms with Gasteiger partial charge in [0.15, 0.2) is 5.78 Å². The number of aromatic carboxylic acids is 1. The van der Waals surface area contributed by atoms with Gasteiger partial charge in [-0.3, -0.25) is 4.79 Å². The predicted octanol–water partition coefficient (Wildman–Crippen LogP) is 1.53. The van der Waals surface area contributed by atoms with E-state index in [1.54, 1.807) is 12.1 Å². The number of carbonyl (C=O) groups excluding carboxylic acids is 1. The molecule has 0 saturated carbocycles. The topological polar surface area (TPSA) is 91.7 Å². The highest BCUT2D eigenvalue weighted by atomic mass is 16.4. The Balaban J connectivity index is 2.51. The molecule has 0 saturated heterocycles. The van der Waals surface area contributed by atoms with E-state index >= 15 is 0 Å². The molecule has 0 aliphatic heterocycles. The average molecular weight is 248 g/mol. The molecule has 0 heterocycles. The second-order valence-corrected chi connectivity index (χ2v) is 3.64. The monoisotopic (exact) mass is 248 g/mol. The first-order chi connectivity index (χ1) is 8.49. The van der Waals surface area contributed by atoms with E-state index in [9.17, 15) is 14.4 Å². The first-order valence-corrected chi connectivity index (χ1v) is 5.25. The van der Waals surface area contributed by atoms with Crippen molar-refractivity contribution in [2.75, 3.05) is 0 Å². The van der Waals surface area contributed by atoms with Crippen LogP contribution in [0.25, 0.3) is 0 Å². The third-order valence-electron chi connectivity index (χ3n) is 2.27. The average Bonchev–Trinajstić information content (AvgIpc) is 2.34. The van der Waals surface area contributed by atoms with Crippen molar-refractivity contribution in [1.29, 1.82) is 0 Å². The van der Waals surface area contributed by atoms with Crippen LogP contribution in [0.2, 0.25) is 0 Å². The molecule has 5 heteroatoms. The number of carboxylic acids is 2. The van der Waals surface area contributed by atoms with Gasteiger partial charge in [-0.15, -0.1) is 0 Å². The van der Waals surface area contributed by atoms with Crippen molar-refractivity contribution >= 4 is 17.7 Å².